The first-order valence-electron chi connectivity index (χ1n) is 13.9. The van der Waals surface area contributed by atoms with Crippen molar-refractivity contribution in [2.45, 2.75) is 45.8 Å². The van der Waals surface area contributed by atoms with Gasteiger partial charge in [0.2, 0.25) is 5.91 Å². The van der Waals surface area contributed by atoms with E-state index in [0.717, 1.165) is 68.3 Å². The second-order valence-corrected chi connectivity index (χ2v) is 12.5. The fourth-order valence-electron chi connectivity index (χ4n) is 5.14. The van der Waals surface area contributed by atoms with E-state index in [4.69, 9.17) is 41.5 Å². The Balaban J connectivity index is 1.27. The van der Waals surface area contributed by atoms with Gasteiger partial charge in [0.05, 0.1) is 28.0 Å². The van der Waals surface area contributed by atoms with Crippen molar-refractivity contribution in [1.29, 1.82) is 0 Å². The molecule has 2 aliphatic rings. The second-order valence-electron chi connectivity index (χ2n) is 10.3. The Morgan fingerprint density at radius 3 is 2.40 bits per heavy atom. The lowest BCUT2D eigenvalue weighted by Gasteiger charge is -2.38. The number of hydrogen-bond donors (Lipinski definition) is 0. The topological polar surface area (TPSA) is 63.7 Å². The summed E-state index contributed by atoms with van der Waals surface area (Å²) in [4.78, 5) is 19.6. The molecule has 4 rings (SSSR count). The van der Waals surface area contributed by atoms with Crippen molar-refractivity contribution < 1.29 is 23.1 Å². The van der Waals surface area contributed by atoms with Crippen LogP contribution < -0.4 is 14.5 Å². The summed E-state index contributed by atoms with van der Waals surface area (Å²) in [7, 11) is 1.54. The van der Waals surface area contributed by atoms with Gasteiger partial charge in [-0.2, -0.15) is 0 Å². The van der Waals surface area contributed by atoms with Gasteiger partial charge in [-0.05, 0) is 55.5 Å². The van der Waals surface area contributed by atoms with Crippen molar-refractivity contribution in [2.24, 2.45) is 5.92 Å². The minimum atomic E-state index is -1.55. The molecule has 1 saturated heterocycles. The highest BCUT2D eigenvalue weighted by Gasteiger charge is 2.35. The lowest BCUT2D eigenvalue weighted by Crippen LogP contribution is -2.47. The maximum Gasteiger partial charge on any atom is 0.334 e. The standard InChI is InChI=1S/C29H40Cl2N3O5P/c1-21(2)29(39-40(36-3)37-4)34-26-20-23(12-10-22(26)11-13-27(34)35)38-19-6-5-14-32-15-17-33(18-16-32)25-9-7-8-24(30)28(25)31/h7-10,12,20-21,29H,5-6,11,13-19H2,1-4H3. The van der Waals surface area contributed by atoms with E-state index in [9.17, 15) is 4.79 Å². The van der Waals surface area contributed by atoms with Gasteiger partial charge in [0, 0.05) is 52.9 Å². The summed E-state index contributed by atoms with van der Waals surface area (Å²) in [6.45, 7) is 9.54. The number of carbonyl (C=O) groups excluding carboxylic acids is 1. The average molecular weight is 613 g/mol. The van der Waals surface area contributed by atoms with Crippen molar-refractivity contribution in [3.63, 3.8) is 0 Å². The number of benzene rings is 2. The number of nitrogens with zero attached hydrogens (tertiary/aromatic N) is 3. The third-order valence-corrected chi connectivity index (χ3v) is 9.09. The molecule has 2 aromatic rings. The van der Waals surface area contributed by atoms with Gasteiger partial charge in [-0.1, -0.05) is 49.2 Å². The number of carbonyl (C=O) groups is 1. The van der Waals surface area contributed by atoms with Gasteiger partial charge < -0.3 is 18.7 Å². The first-order valence-corrected chi connectivity index (χ1v) is 15.7. The molecule has 1 amide bonds. The molecule has 0 aromatic heterocycles. The second kappa shape index (κ2) is 15.0. The highest BCUT2D eigenvalue weighted by Crippen LogP contribution is 2.43. The number of hydrogen-bond acceptors (Lipinski definition) is 7. The Hall–Kier alpha value is -1.64. The van der Waals surface area contributed by atoms with Crippen LogP contribution in [0.1, 0.15) is 38.7 Å². The normalized spacial score (nSPS) is 17.1. The summed E-state index contributed by atoms with van der Waals surface area (Å²) in [6.07, 6.45) is 2.65. The maximum atomic E-state index is 13.1. The molecule has 220 valence electrons. The molecule has 2 aliphatic heterocycles. The molecule has 11 heteroatoms. The Labute approximate surface area is 249 Å². The zero-order chi connectivity index (χ0) is 28.6. The largest absolute Gasteiger partial charge is 0.494 e. The highest BCUT2D eigenvalue weighted by molar-refractivity contribution is 7.41. The van der Waals surface area contributed by atoms with Gasteiger partial charge in [0.15, 0.2) is 0 Å². The van der Waals surface area contributed by atoms with E-state index in [1.807, 2.05) is 44.2 Å². The van der Waals surface area contributed by atoms with Crippen molar-refractivity contribution in [3.05, 3.63) is 52.0 Å². The smallest absolute Gasteiger partial charge is 0.334 e. The zero-order valence-corrected chi connectivity index (χ0v) is 26.2. The van der Waals surface area contributed by atoms with Crippen molar-refractivity contribution in [3.8, 4) is 5.75 Å². The number of rotatable bonds is 13. The van der Waals surface area contributed by atoms with Crippen LogP contribution in [0.4, 0.5) is 11.4 Å². The number of fused-ring (bicyclic) bond motifs is 1. The van der Waals surface area contributed by atoms with Crippen LogP contribution >= 0.6 is 31.8 Å². The first kappa shape index (κ1) is 31.3. The van der Waals surface area contributed by atoms with E-state index in [1.165, 1.54) is 0 Å². The Morgan fingerprint density at radius 1 is 0.950 bits per heavy atom. The minimum absolute atomic E-state index is 0.0308. The summed E-state index contributed by atoms with van der Waals surface area (Å²) < 4.78 is 22.9. The molecule has 1 unspecified atom stereocenters. The van der Waals surface area contributed by atoms with Gasteiger partial charge in [0.25, 0.3) is 0 Å². The third kappa shape index (κ3) is 7.80. The quantitative estimate of drug-likeness (QED) is 0.183. The Kier molecular flexibility index (Phi) is 11.7. The van der Waals surface area contributed by atoms with Crippen LogP contribution in [-0.4, -0.2) is 70.6 Å². The molecule has 2 heterocycles. The number of piperazine rings is 1. The molecule has 1 fully saturated rings. The van der Waals surface area contributed by atoms with Gasteiger partial charge in [0.1, 0.15) is 12.0 Å². The van der Waals surface area contributed by atoms with Gasteiger partial charge >= 0.3 is 8.60 Å². The average Bonchev–Trinajstić information content (AvgIpc) is 2.96. The third-order valence-electron chi connectivity index (χ3n) is 7.29. The lowest BCUT2D eigenvalue weighted by atomic mass is 9.99. The Bertz CT molecular complexity index is 1130. The van der Waals surface area contributed by atoms with Crippen LogP contribution in [0.5, 0.6) is 5.75 Å². The Morgan fingerprint density at radius 2 is 1.70 bits per heavy atom. The number of anilines is 2. The van der Waals surface area contributed by atoms with Crippen molar-refractivity contribution in [1.82, 2.24) is 4.90 Å². The van der Waals surface area contributed by atoms with Crippen LogP contribution in [0.15, 0.2) is 36.4 Å². The maximum absolute atomic E-state index is 13.1. The molecule has 0 N–H and O–H groups in total. The number of ether oxygens (including phenoxy) is 1. The van der Waals surface area contributed by atoms with Gasteiger partial charge in [-0.25, -0.2) is 0 Å². The fourth-order valence-corrected chi connectivity index (χ4v) is 6.39. The van der Waals surface area contributed by atoms with Crippen molar-refractivity contribution in [2.75, 3.05) is 63.4 Å². The molecule has 0 saturated carbocycles. The monoisotopic (exact) mass is 611 g/mol. The summed E-state index contributed by atoms with van der Waals surface area (Å²) in [6, 6.07) is 11.8. The van der Waals surface area contributed by atoms with Gasteiger partial charge in [-0.3, -0.25) is 19.1 Å². The van der Waals surface area contributed by atoms with Crippen LogP contribution in [0.3, 0.4) is 0 Å². The fraction of sp³-hybridized carbons (Fsp3) is 0.552. The van der Waals surface area contributed by atoms with Crippen LogP contribution in [0.25, 0.3) is 0 Å². The molecular weight excluding hydrogens is 572 g/mol. The van der Waals surface area contributed by atoms with Crippen LogP contribution in [0, 0.1) is 5.92 Å². The number of aryl methyl sites for hydroxylation is 1. The molecule has 8 nitrogen and oxygen atoms in total. The van der Waals surface area contributed by atoms with E-state index < -0.39 is 14.8 Å². The number of amides is 1. The summed E-state index contributed by atoms with van der Waals surface area (Å²) in [5.74, 6) is 0.830. The number of halogens is 2. The molecule has 0 bridgehead atoms. The molecule has 0 aliphatic carbocycles. The summed E-state index contributed by atoms with van der Waals surface area (Å²) in [5, 5.41) is 1.23. The lowest BCUT2D eigenvalue weighted by molar-refractivity contribution is -0.121. The van der Waals surface area contributed by atoms with E-state index in [2.05, 4.69) is 15.9 Å². The van der Waals surface area contributed by atoms with Crippen molar-refractivity contribution >= 4 is 49.1 Å². The first-order chi connectivity index (χ1) is 19.3. The van der Waals surface area contributed by atoms with E-state index >= 15 is 0 Å². The summed E-state index contributed by atoms with van der Waals surface area (Å²) in [5.41, 5.74) is 2.96. The minimum Gasteiger partial charge on any atom is -0.494 e. The predicted molar refractivity (Wildman–Crippen MR) is 163 cm³/mol. The summed E-state index contributed by atoms with van der Waals surface area (Å²) >= 11 is 12.6. The molecule has 2 aromatic carbocycles. The van der Waals surface area contributed by atoms with Gasteiger partial charge in [-0.15, -0.1) is 0 Å². The van der Waals surface area contributed by atoms with E-state index in [1.54, 1.807) is 19.1 Å². The molecule has 1 atom stereocenters. The molecule has 0 radical (unpaired) electrons. The SMILES string of the molecule is COP(OC)OC(C(C)C)N1C(=O)CCc2ccc(OCCCCN3CCN(c4cccc(Cl)c4Cl)CC3)cc21. The predicted octanol–water partition coefficient (Wildman–Crippen LogP) is 6.77. The molecule has 40 heavy (non-hydrogen) atoms. The van der Waals surface area contributed by atoms with Crippen LogP contribution in [0.2, 0.25) is 10.0 Å². The van der Waals surface area contributed by atoms with E-state index in [0.29, 0.717) is 29.5 Å². The highest BCUT2D eigenvalue weighted by atomic mass is 35.5. The molecule has 0 spiro atoms. The molecular formula is C29H40Cl2N3O5P. The van der Waals surface area contributed by atoms with E-state index in [-0.39, 0.29) is 11.8 Å². The zero-order valence-electron chi connectivity index (χ0n) is 23.8. The van der Waals surface area contributed by atoms with Crippen LogP contribution in [-0.2, 0) is 24.8 Å². The number of unbranched alkanes of at least 4 members (excludes halogenated alkanes) is 1.